The first-order valence-corrected chi connectivity index (χ1v) is 5.11. The highest BCUT2D eigenvalue weighted by atomic mass is 35.7. The van der Waals surface area contributed by atoms with Crippen molar-refractivity contribution in [1.29, 1.82) is 0 Å². The van der Waals surface area contributed by atoms with E-state index in [1.807, 2.05) is 6.92 Å². The van der Waals surface area contributed by atoms with E-state index in [4.69, 9.17) is 27.8 Å². The molecule has 0 saturated carbocycles. The summed E-state index contributed by atoms with van der Waals surface area (Å²) in [5.41, 5.74) is -0.0116. The van der Waals surface area contributed by atoms with Gasteiger partial charge < -0.3 is 9.16 Å². The fourth-order valence-electron chi connectivity index (χ4n) is 0.910. The van der Waals surface area contributed by atoms with Crippen LogP contribution < -0.4 is 18.6 Å². The molecule has 0 N–H and O–H groups in total. The summed E-state index contributed by atoms with van der Waals surface area (Å²) >= 11 is 0. The number of ether oxygens (including phenoxy) is 1. The van der Waals surface area contributed by atoms with Crippen LogP contribution in [-0.4, -0.2) is 18.2 Å². The zero-order chi connectivity index (χ0) is 11.4. The van der Waals surface area contributed by atoms with E-state index >= 15 is 0 Å². The second-order valence-corrected chi connectivity index (χ2v) is 4.09. The van der Waals surface area contributed by atoms with E-state index in [0.29, 0.717) is 5.97 Å². The second kappa shape index (κ2) is 4.90. The van der Waals surface area contributed by atoms with Crippen molar-refractivity contribution in [2.75, 3.05) is 6.61 Å². The maximum atomic E-state index is 8.49. The smallest absolute Gasteiger partial charge is 0.322 e. The zero-order valence-corrected chi connectivity index (χ0v) is 9.00. The lowest BCUT2D eigenvalue weighted by atomic mass is 10.1. The third-order valence-corrected chi connectivity index (χ3v) is 1.43. The summed E-state index contributed by atoms with van der Waals surface area (Å²) in [6.07, 6.45) is 0.977. The van der Waals surface area contributed by atoms with Gasteiger partial charge in [0.25, 0.3) is 0 Å². The third-order valence-electron chi connectivity index (χ3n) is 1.43. The van der Waals surface area contributed by atoms with Gasteiger partial charge in [-0.1, -0.05) is 0 Å². The van der Waals surface area contributed by atoms with Crippen LogP contribution >= 0.6 is 0 Å². The molecule has 1 heterocycles. The maximum absolute atomic E-state index is 8.49. The number of cyclic esters (lactones) is 1. The van der Waals surface area contributed by atoms with Gasteiger partial charge in [-0.15, -0.1) is 10.2 Å². The van der Waals surface area contributed by atoms with Crippen molar-refractivity contribution < 1.29 is 38.0 Å². The van der Waals surface area contributed by atoms with E-state index in [1.165, 1.54) is 0 Å². The van der Waals surface area contributed by atoms with E-state index in [9.17, 15) is 0 Å². The molecule has 0 fully saturated rings. The van der Waals surface area contributed by atoms with Crippen LogP contribution in [0.3, 0.4) is 0 Å². The topological polar surface area (TPSA) is 113 Å². The Labute approximate surface area is 84.2 Å². The summed E-state index contributed by atoms with van der Waals surface area (Å²) in [7, 11) is -4.94. The van der Waals surface area contributed by atoms with Gasteiger partial charge in [0.2, 0.25) is 5.60 Å². The molecule has 0 aromatic carbocycles. The number of carbonyl (C=O) groups excluding carboxylic acids is 1. The molecule has 0 aliphatic carbocycles. The van der Waals surface area contributed by atoms with Gasteiger partial charge in [0, 0.05) is 13.8 Å². The standard InChI is InChI=1S/C7H13O2.ClHO4/c1-6-8-5-4-7(2,3)9-6;2-1(3,4)5/h4-5H2,1-3H3;(H,2,3,4,5)/q+1;/p-1. The zero-order valence-electron chi connectivity index (χ0n) is 8.24. The van der Waals surface area contributed by atoms with Crippen LogP contribution in [0.4, 0.5) is 0 Å². The van der Waals surface area contributed by atoms with Crippen LogP contribution in [0.5, 0.6) is 0 Å². The average molecular weight is 229 g/mol. The van der Waals surface area contributed by atoms with Gasteiger partial charge in [-0.05, 0) is 0 Å². The molecule has 7 heteroatoms. The van der Waals surface area contributed by atoms with E-state index in [-0.39, 0.29) is 5.60 Å². The fraction of sp³-hybridized carbons (Fsp3) is 0.857. The van der Waals surface area contributed by atoms with Crippen molar-refractivity contribution in [3.63, 3.8) is 0 Å². The molecule has 1 aliphatic rings. The Morgan fingerprint density at radius 1 is 1.29 bits per heavy atom. The summed E-state index contributed by atoms with van der Waals surface area (Å²) in [6.45, 7) is 6.78. The molecular weight excluding hydrogens is 216 g/mol. The van der Waals surface area contributed by atoms with Gasteiger partial charge in [-0.2, -0.15) is 0 Å². The fourth-order valence-corrected chi connectivity index (χ4v) is 0.910. The molecule has 84 valence electrons. The molecule has 0 unspecified atom stereocenters. The second-order valence-electron chi connectivity index (χ2n) is 3.33. The minimum absolute atomic E-state index is 0.0116. The summed E-state index contributed by atoms with van der Waals surface area (Å²) in [5, 5.41) is 0. The van der Waals surface area contributed by atoms with E-state index in [1.54, 1.807) is 0 Å². The number of halogens is 1. The number of hydrogen-bond acceptors (Lipinski definition) is 5. The highest BCUT2D eigenvalue weighted by Crippen LogP contribution is 2.16. The molecule has 1 aliphatic heterocycles. The molecule has 1 rings (SSSR count). The molecule has 0 aromatic heterocycles. The minimum Gasteiger partial charge on any atom is -0.322 e. The normalized spacial score (nSPS) is 20.1. The lowest BCUT2D eigenvalue weighted by Gasteiger charge is -2.17. The molecule has 0 bridgehead atoms. The molecule has 0 radical (unpaired) electrons. The van der Waals surface area contributed by atoms with Crippen molar-refractivity contribution in [3.05, 3.63) is 0 Å². The van der Waals surface area contributed by atoms with E-state index in [0.717, 1.165) is 13.0 Å². The lowest BCUT2D eigenvalue weighted by molar-refractivity contribution is -2.00. The molecular formula is C7H13ClO6. The van der Waals surface area contributed by atoms with Crippen LogP contribution in [0.15, 0.2) is 0 Å². The van der Waals surface area contributed by atoms with Crippen molar-refractivity contribution in [3.8, 4) is 0 Å². The molecule has 0 amide bonds. The molecule has 0 spiro atoms. The van der Waals surface area contributed by atoms with Crippen molar-refractivity contribution in [2.45, 2.75) is 32.8 Å². The van der Waals surface area contributed by atoms with Gasteiger partial charge in [-0.3, -0.25) is 0 Å². The largest absolute Gasteiger partial charge is 0.482 e. The molecule has 0 aromatic rings. The number of hydrogen-bond donors (Lipinski definition) is 0. The Hall–Kier alpha value is -0.400. The number of rotatable bonds is 0. The molecule has 14 heavy (non-hydrogen) atoms. The van der Waals surface area contributed by atoms with Crippen molar-refractivity contribution in [2.24, 2.45) is 0 Å². The van der Waals surface area contributed by atoms with Crippen molar-refractivity contribution >= 4 is 5.97 Å². The predicted octanol–water partition coefficient (Wildman–Crippen LogP) is -3.49. The summed E-state index contributed by atoms with van der Waals surface area (Å²) < 4.78 is 44.4. The van der Waals surface area contributed by atoms with Crippen LogP contribution in [0.1, 0.15) is 27.2 Å². The van der Waals surface area contributed by atoms with Crippen LogP contribution in [0.25, 0.3) is 0 Å². The first-order valence-electron chi connectivity index (χ1n) is 3.87. The summed E-state index contributed by atoms with van der Waals surface area (Å²) in [6, 6.07) is 0. The minimum atomic E-state index is -4.94. The van der Waals surface area contributed by atoms with Gasteiger partial charge in [-0.25, -0.2) is 18.6 Å². The van der Waals surface area contributed by atoms with E-state index in [2.05, 4.69) is 13.8 Å². The Morgan fingerprint density at radius 2 is 1.71 bits per heavy atom. The average Bonchev–Trinajstić information content (AvgIpc) is 1.78. The van der Waals surface area contributed by atoms with Gasteiger partial charge in [0.05, 0.1) is 13.3 Å². The van der Waals surface area contributed by atoms with Crippen LogP contribution in [-0.2, 0) is 9.16 Å². The summed E-state index contributed by atoms with van der Waals surface area (Å²) in [4.78, 5) is 0. The quantitative estimate of drug-likeness (QED) is 0.316. The van der Waals surface area contributed by atoms with Crippen LogP contribution in [0, 0.1) is 10.2 Å². The first kappa shape index (κ1) is 13.6. The van der Waals surface area contributed by atoms with Gasteiger partial charge >= 0.3 is 5.97 Å². The number of esters is 1. The molecule has 6 nitrogen and oxygen atoms in total. The van der Waals surface area contributed by atoms with Crippen LogP contribution in [0.2, 0.25) is 0 Å². The highest BCUT2D eigenvalue weighted by molar-refractivity contribution is 5.67. The predicted molar refractivity (Wildman–Crippen MR) is 35.3 cm³/mol. The lowest BCUT2D eigenvalue weighted by Crippen LogP contribution is -2.68. The van der Waals surface area contributed by atoms with Crippen molar-refractivity contribution in [1.82, 2.24) is 0 Å². The van der Waals surface area contributed by atoms with Gasteiger partial charge in [0.1, 0.15) is 0 Å². The SMILES string of the molecule is CC1=[O+]CCC(C)(C)O1.[O-][Cl+3]([O-])([O-])[O-]. The molecule has 0 atom stereocenters. The Bertz CT molecular complexity index is 201. The summed E-state index contributed by atoms with van der Waals surface area (Å²) in [5.74, 6) is 0.700. The highest BCUT2D eigenvalue weighted by Gasteiger charge is 2.33. The monoisotopic (exact) mass is 228 g/mol. The molecule has 0 saturated heterocycles. The Morgan fingerprint density at radius 3 is 1.93 bits per heavy atom. The Balaban J connectivity index is 0.000000292. The third kappa shape index (κ3) is 9.69. The van der Waals surface area contributed by atoms with Gasteiger partial charge in [0.15, 0.2) is 6.61 Å². The maximum Gasteiger partial charge on any atom is 0.482 e. The Kier molecular flexibility index (Phi) is 4.76. The van der Waals surface area contributed by atoms with E-state index < -0.39 is 10.2 Å². The first-order chi connectivity index (χ1) is 6.10.